The number of alkyl halides is 3. The second-order valence-electron chi connectivity index (χ2n) is 7.80. The summed E-state index contributed by atoms with van der Waals surface area (Å²) in [6, 6.07) is 0. The van der Waals surface area contributed by atoms with Crippen LogP contribution < -0.4 is 0 Å². The highest BCUT2D eigenvalue weighted by Crippen LogP contribution is 2.43. The van der Waals surface area contributed by atoms with E-state index >= 15 is 0 Å². The van der Waals surface area contributed by atoms with Gasteiger partial charge in [-0.1, -0.05) is 0 Å². The number of nitrogens with zero attached hydrogens (tertiary/aromatic N) is 3. The van der Waals surface area contributed by atoms with Gasteiger partial charge in [-0.3, -0.25) is 9.48 Å². The molecule has 0 spiro atoms. The number of carbonyl (C=O) groups is 1. The Morgan fingerprint density at radius 1 is 1.17 bits per heavy atom. The molecule has 6 nitrogen and oxygen atoms in total. The Morgan fingerprint density at radius 2 is 1.69 bits per heavy atom. The molecule has 1 fully saturated rings. The molecule has 0 atom stereocenters. The van der Waals surface area contributed by atoms with E-state index in [1.165, 1.54) is 4.90 Å². The van der Waals surface area contributed by atoms with E-state index < -0.39 is 41.4 Å². The summed E-state index contributed by atoms with van der Waals surface area (Å²) in [6.45, 7) is 10.7. The van der Waals surface area contributed by atoms with Gasteiger partial charge in [-0.15, -0.1) is 0 Å². The minimum Gasteiger partial charge on any atom is -0.398 e. The lowest BCUT2D eigenvalue weighted by Gasteiger charge is -2.32. The van der Waals surface area contributed by atoms with Gasteiger partial charge in [-0.05, 0) is 41.5 Å². The van der Waals surface area contributed by atoms with Crippen molar-refractivity contribution in [2.75, 3.05) is 13.1 Å². The van der Waals surface area contributed by atoms with Crippen molar-refractivity contribution in [3.05, 3.63) is 23.7 Å². The van der Waals surface area contributed by atoms with Crippen LogP contribution in [0.5, 0.6) is 0 Å². The molecule has 0 unspecified atom stereocenters. The van der Waals surface area contributed by atoms with Gasteiger partial charge < -0.3 is 14.2 Å². The fraction of sp³-hybridized carbons (Fsp3) is 0.667. The van der Waals surface area contributed by atoms with E-state index in [4.69, 9.17) is 9.31 Å². The van der Waals surface area contributed by atoms with Gasteiger partial charge in [0.2, 0.25) is 5.91 Å². The van der Waals surface area contributed by atoms with Crippen molar-refractivity contribution in [2.24, 2.45) is 0 Å². The lowest BCUT2D eigenvalue weighted by atomic mass is 9.83. The van der Waals surface area contributed by atoms with Crippen LogP contribution in [0.3, 0.4) is 0 Å². The molecule has 1 aromatic heterocycles. The number of likely N-dealkylation sites (N-methyl/N-ethyl adjacent to an activating group) is 1. The minimum absolute atomic E-state index is 0.245. The molecule has 0 saturated carbocycles. The Labute approximate surface area is 168 Å². The van der Waals surface area contributed by atoms with E-state index in [0.29, 0.717) is 13.1 Å². The first-order chi connectivity index (χ1) is 13.2. The van der Waals surface area contributed by atoms with E-state index in [1.54, 1.807) is 41.5 Å². The summed E-state index contributed by atoms with van der Waals surface area (Å²) in [4.78, 5) is 13.7. The molecular weight excluding hydrogens is 393 g/mol. The molecule has 11 heteroatoms. The van der Waals surface area contributed by atoms with Gasteiger partial charge in [-0.2, -0.15) is 18.3 Å². The van der Waals surface area contributed by atoms with Crippen LogP contribution in [0, 0.1) is 0 Å². The number of amides is 1. The highest BCUT2D eigenvalue weighted by molar-refractivity contribution is 6.55. The normalized spacial score (nSPS) is 19.3. The van der Waals surface area contributed by atoms with Gasteiger partial charge in [-0.25, -0.2) is 4.39 Å². The molecular formula is C18H26BF4N3O3. The lowest BCUT2D eigenvalue weighted by molar-refractivity contribution is -0.131. The summed E-state index contributed by atoms with van der Waals surface area (Å²) in [7, 11) is -1.79. The first-order valence-electron chi connectivity index (χ1n) is 9.36. The van der Waals surface area contributed by atoms with E-state index in [1.807, 2.05) is 0 Å². The molecule has 0 aromatic carbocycles. The lowest BCUT2D eigenvalue weighted by Crippen LogP contribution is -2.41. The van der Waals surface area contributed by atoms with E-state index in [9.17, 15) is 22.4 Å². The Morgan fingerprint density at radius 3 is 2.14 bits per heavy atom. The summed E-state index contributed by atoms with van der Waals surface area (Å²) in [5.74, 6) is -0.298. The Kier molecular flexibility index (Phi) is 6.54. The quantitative estimate of drug-likeness (QED) is 0.522. The molecule has 1 amide bonds. The predicted molar refractivity (Wildman–Crippen MR) is 100 cm³/mol. The largest absolute Gasteiger partial charge is 0.525 e. The van der Waals surface area contributed by atoms with Crippen molar-refractivity contribution in [2.45, 2.75) is 65.5 Å². The van der Waals surface area contributed by atoms with Gasteiger partial charge in [0.1, 0.15) is 12.3 Å². The fourth-order valence-corrected chi connectivity index (χ4v) is 2.90. The number of hydrogen-bond acceptors (Lipinski definition) is 4. The van der Waals surface area contributed by atoms with Crippen LogP contribution in [0.25, 0.3) is 5.57 Å². The van der Waals surface area contributed by atoms with E-state index in [-0.39, 0.29) is 12.5 Å². The molecule has 162 valence electrons. The average molecular weight is 419 g/mol. The molecule has 0 N–H and O–H groups in total. The maximum atomic E-state index is 14.9. The number of hydrogen-bond donors (Lipinski definition) is 0. The molecule has 0 radical (unpaired) electrons. The number of aromatic nitrogens is 2. The summed E-state index contributed by atoms with van der Waals surface area (Å²) in [5.41, 5.74) is -5.60. The summed E-state index contributed by atoms with van der Waals surface area (Å²) >= 11 is 0. The molecule has 1 aliphatic rings. The molecule has 0 aliphatic carbocycles. The van der Waals surface area contributed by atoms with E-state index in [2.05, 4.69) is 5.10 Å². The molecule has 1 aliphatic heterocycles. The Bertz CT molecular complexity index is 770. The maximum Gasteiger partial charge on any atom is 0.525 e. The Balaban J connectivity index is 2.37. The second-order valence-corrected chi connectivity index (χ2v) is 7.80. The topological polar surface area (TPSA) is 56.6 Å². The third kappa shape index (κ3) is 4.83. The summed E-state index contributed by atoms with van der Waals surface area (Å²) in [6.07, 6.45) is -3.14. The standard InChI is InChI=1S/C18H26BF4N3O3/c1-7-25(8-2)13(27)11-26-10-12(9-24-26)14(18(21,22)23)15(20)19-28-16(3,4)17(5,6)29-19/h9-10H,7-8,11H2,1-6H3. The van der Waals surface area contributed by atoms with Crippen molar-refractivity contribution < 1.29 is 31.7 Å². The summed E-state index contributed by atoms with van der Waals surface area (Å²) < 4.78 is 67.9. The zero-order valence-corrected chi connectivity index (χ0v) is 17.4. The van der Waals surface area contributed by atoms with Crippen LogP contribution in [-0.2, 0) is 20.6 Å². The monoisotopic (exact) mass is 419 g/mol. The third-order valence-electron chi connectivity index (χ3n) is 5.32. The van der Waals surface area contributed by atoms with Gasteiger partial charge in [0, 0.05) is 24.8 Å². The van der Waals surface area contributed by atoms with Crippen LogP contribution in [0.4, 0.5) is 17.6 Å². The van der Waals surface area contributed by atoms with Crippen molar-refractivity contribution in [3.63, 3.8) is 0 Å². The van der Waals surface area contributed by atoms with Crippen LogP contribution >= 0.6 is 0 Å². The van der Waals surface area contributed by atoms with E-state index in [0.717, 1.165) is 17.1 Å². The Hall–Kier alpha value is -1.88. The highest BCUT2D eigenvalue weighted by atomic mass is 19.4. The summed E-state index contributed by atoms with van der Waals surface area (Å²) in [5, 5.41) is 3.79. The first-order valence-corrected chi connectivity index (χ1v) is 9.36. The van der Waals surface area contributed by atoms with Crippen LogP contribution in [0.15, 0.2) is 18.1 Å². The van der Waals surface area contributed by atoms with Crippen LogP contribution in [0.2, 0.25) is 0 Å². The third-order valence-corrected chi connectivity index (χ3v) is 5.32. The second kappa shape index (κ2) is 8.10. The molecule has 1 aromatic rings. The number of rotatable bonds is 6. The zero-order chi connectivity index (χ0) is 22.2. The predicted octanol–water partition coefficient (Wildman–Crippen LogP) is 3.63. The molecule has 2 heterocycles. The van der Waals surface area contributed by atoms with Gasteiger partial charge in [0.05, 0.1) is 23.0 Å². The minimum atomic E-state index is -5.01. The number of allylic oxidation sites excluding steroid dienone is 1. The SMILES string of the molecule is CCN(CC)C(=O)Cn1cc(C(=C(F)B2OC(C)(C)C(C)(C)O2)C(F)(F)F)cn1. The van der Waals surface area contributed by atoms with Gasteiger partial charge in [0.25, 0.3) is 0 Å². The zero-order valence-electron chi connectivity index (χ0n) is 17.4. The van der Waals surface area contributed by atoms with Crippen molar-refractivity contribution in [3.8, 4) is 0 Å². The van der Waals surface area contributed by atoms with Crippen LogP contribution in [-0.4, -0.2) is 58.2 Å². The van der Waals surface area contributed by atoms with Crippen molar-refractivity contribution >= 4 is 18.6 Å². The highest BCUT2D eigenvalue weighted by Gasteiger charge is 2.55. The molecule has 0 bridgehead atoms. The molecule has 2 rings (SSSR count). The van der Waals surface area contributed by atoms with Gasteiger partial charge in [0.15, 0.2) is 0 Å². The van der Waals surface area contributed by atoms with Crippen LogP contribution in [0.1, 0.15) is 47.1 Å². The molecule has 29 heavy (non-hydrogen) atoms. The molecule has 1 saturated heterocycles. The van der Waals surface area contributed by atoms with Gasteiger partial charge >= 0.3 is 13.3 Å². The number of halogens is 4. The first kappa shape index (κ1) is 23.4. The van der Waals surface area contributed by atoms with Crippen molar-refractivity contribution in [1.82, 2.24) is 14.7 Å². The average Bonchev–Trinajstić information content (AvgIpc) is 3.09. The maximum absolute atomic E-state index is 14.9. The smallest absolute Gasteiger partial charge is 0.398 e. The number of carbonyl (C=O) groups excluding carboxylic acids is 1. The fourth-order valence-electron chi connectivity index (χ4n) is 2.90. The van der Waals surface area contributed by atoms with Crippen molar-refractivity contribution in [1.29, 1.82) is 0 Å².